The van der Waals surface area contributed by atoms with Crippen LogP contribution < -0.4 is 5.32 Å². The van der Waals surface area contributed by atoms with Crippen molar-refractivity contribution in [1.82, 2.24) is 39.5 Å². The number of hydrogen-bond acceptors (Lipinski definition) is 7. The van der Waals surface area contributed by atoms with E-state index in [0.29, 0.717) is 12.5 Å². The second-order valence-electron chi connectivity index (χ2n) is 7.17. The van der Waals surface area contributed by atoms with Crippen molar-refractivity contribution in [1.29, 1.82) is 0 Å². The second kappa shape index (κ2) is 8.76. The van der Waals surface area contributed by atoms with Gasteiger partial charge in [-0.15, -0.1) is 0 Å². The van der Waals surface area contributed by atoms with E-state index in [4.69, 9.17) is 10.1 Å². The Hall–Kier alpha value is -4.40. The van der Waals surface area contributed by atoms with Gasteiger partial charge in [0.25, 0.3) is 0 Å². The molecule has 0 saturated heterocycles. The Balaban J connectivity index is 1.39. The summed E-state index contributed by atoms with van der Waals surface area (Å²) in [5.41, 5.74) is 5.57. The van der Waals surface area contributed by atoms with Gasteiger partial charge in [0.05, 0.1) is 12.2 Å². The van der Waals surface area contributed by atoms with E-state index in [1.807, 2.05) is 59.5 Å². The second-order valence-corrected chi connectivity index (χ2v) is 7.17. The van der Waals surface area contributed by atoms with Gasteiger partial charge in [-0.05, 0) is 42.8 Å². The van der Waals surface area contributed by atoms with E-state index in [0.717, 1.165) is 40.3 Å². The topological polar surface area (TPSA) is 99.2 Å². The number of nitrogens with zero attached hydrogens (tertiary/aromatic N) is 8. The maximum absolute atomic E-state index is 4.74. The van der Waals surface area contributed by atoms with E-state index in [1.54, 1.807) is 23.4 Å². The summed E-state index contributed by atoms with van der Waals surface area (Å²) in [6, 6.07) is 13.9. The van der Waals surface area contributed by atoms with Gasteiger partial charge >= 0.3 is 0 Å². The number of aryl methyl sites for hydroxylation is 1. The van der Waals surface area contributed by atoms with E-state index < -0.39 is 0 Å². The van der Waals surface area contributed by atoms with Gasteiger partial charge in [-0.2, -0.15) is 10.2 Å². The fourth-order valence-corrected chi connectivity index (χ4v) is 3.38. The summed E-state index contributed by atoms with van der Waals surface area (Å²) in [7, 11) is 0. The third kappa shape index (κ3) is 4.22. The molecule has 0 saturated carbocycles. The minimum atomic E-state index is 0.521. The maximum Gasteiger partial charge on any atom is 0.227 e. The fourth-order valence-electron chi connectivity index (χ4n) is 3.38. The predicted octanol–water partition coefficient (Wildman–Crippen LogP) is 3.81. The summed E-state index contributed by atoms with van der Waals surface area (Å²) in [5, 5.41) is 12.1. The minimum Gasteiger partial charge on any atom is -0.324 e. The Morgan fingerprint density at radius 3 is 2.62 bits per heavy atom. The SMILES string of the molecule is CCn1cc(-c2ccnc(Nc3ccc(Cn4cncn4)cc3)n2)c(-c2cccnc2)n1. The largest absolute Gasteiger partial charge is 0.324 e. The van der Waals surface area contributed by atoms with E-state index in [1.165, 1.54) is 6.33 Å². The van der Waals surface area contributed by atoms with Crippen LogP contribution in [0.3, 0.4) is 0 Å². The predicted molar refractivity (Wildman–Crippen MR) is 121 cm³/mol. The molecule has 32 heavy (non-hydrogen) atoms. The highest BCUT2D eigenvalue weighted by Gasteiger charge is 2.15. The first kappa shape index (κ1) is 19.6. The Morgan fingerprint density at radius 1 is 0.969 bits per heavy atom. The van der Waals surface area contributed by atoms with E-state index in [2.05, 4.69) is 32.3 Å². The molecular weight excluding hydrogens is 402 g/mol. The number of aromatic nitrogens is 8. The molecule has 9 nitrogen and oxygen atoms in total. The van der Waals surface area contributed by atoms with Gasteiger partial charge in [0.15, 0.2) is 0 Å². The highest BCUT2D eigenvalue weighted by molar-refractivity contribution is 5.78. The lowest BCUT2D eigenvalue weighted by Gasteiger charge is -2.08. The van der Waals surface area contributed by atoms with Crippen LogP contribution in [0.15, 0.2) is 79.9 Å². The van der Waals surface area contributed by atoms with Gasteiger partial charge < -0.3 is 5.32 Å². The molecule has 0 atom stereocenters. The molecule has 0 aliphatic rings. The minimum absolute atomic E-state index is 0.521. The monoisotopic (exact) mass is 423 g/mol. The van der Waals surface area contributed by atoms with Gasteiger partial charge in [-0.3, -0.25) is 9.67 Å². The van der Waals surface area contributed by atoms with Crippen LogP contribution in [0.1, 0.15) is 12.5 Å². The zero-order chi connectivity index (χ0) is 21.8. The van der Waals surface area contributed by atoms with Crippen LogP contribution in [0, 0.1) is 0 Å². The number of hydrogen-bond donors (Lipinski definition) is 1. The molecule has 158 valence electrons. The molecular formula is C23H21N9. The Kier molecular flexibility index (Phi) is 5.36. The molecule has 0 amide bonds. The van der Waals surface area contributed by atoms with E-state index in [9.17, 15) is 0 Å². The smallest absolute Gasteiger partial charge is 0.227 e. The molecule has 4 aromatic heterocycles. The van der Waals surface area contributed by atoms with Crippen LogP contribution in [-0.2, 0) is 13.1 Å². The van der Waals surface area contributed by atoms with Crippen molar-refractivity contribution in [2.45, 2.75) is 20.0 Å². The summed E-state index contributed by atoms with van der Waals surface area (Å²) in [6.07, 6.45) is 10.6. The van der Waals surface area contributed by atoms with Crippen molar-refractivity contribution in [3.8, 4) is 22.5 Å². The number of benzene rings is 1. The first-order valence-corrected chi connectivity index (χ1v) is 10.3. The summed E-state index contributed by atoms with van der Waals surface area (Å²) in [5.74, 6) is 0.521. The zero-order valence-electron chi connectivity index (χ0n) is 17.5. The van der Waals surface area contributed by atoms with Crippen molar-refractivity contribution < 1.29 is 0 Å². The summed E-state index contributed by atoms with van der Waals surface area (Å²) >= 11 is 0. The van der Waals surface area contributed by atoms with Gasteiger partial charge in [-0.1, -0.05) is 12.1 Å². The van der Waals surface area contributed by atoms with Gasteiger partial charge in [0, 0.05) is 48.1 Å². The van der Waals surface area contributed by atoms with Crippen LogP contribution in [0.5, 0.6) is 0 Å². The van der Waals surface area contributed by atoms with E-state index in [-0.39, 0.29) is 0 Å². The average molecular weight is 423 g/mol. The van der Waals surface area contributed by atoms with Crippen molar-refractivity contribution in [2.75, 3.05) is 5.32 Å². The van der Waals surface area contributed by atoms with Crippen molar-refractivity contribution in [3.63, 3.8) is 0 Å². The molecule has 0 spiro atoms. The molecule has 0 bridgehead atoms. The lowest BCUT2D eigenvalue weighted by atomic mass is 10.1. The molecule has 0 aliphatic heterocycles. The maximum atomic E-state index is 4.74. The Labute approximate surface area is 184 Å². The molecule has 9 heteroatoms. The summed E-state index contributed by atoms with van der Waals surface area (Å²) in [6.45, 7) is 3.50. The summed E-state index contributed by atoms with van der Waals surface area (Å²) < 4.78 is 3.69. The lowest BCUT2D eigenvalue weighted by molar-refractivity contribution is 0.662. The third-order valence-electron chi connectivity index (χ3n) is 4.97. The molecule has 0 aliphatic carbocycles. The number of rotatable bonds is 7. The molecule has 0 unspecified atom stereocenters. The quantitative estimate of drug-likeness (QED) is 0.425. The Morgan fingerprint density at radius 2 is 1.88 bits per heavy atom. The molecule has 1 aromatic carbocycles. The number of anilines is 2. The van der Waals surface area contributed by atoms with Crippen LogP contribution >= 0.6 is 0 Å². The first-order chi connectivity index (χ1) is 15.8. The standard InChI is InChI=1S/C23H21N9/c1-2-31-14-20(22(30-31)18-4-3-10-24-12-18)21-9-11-26-23(29-21)28-19-7-5-17(6-8-19)13-32-16-25-15-27-32/h3-12,14-16H,2,13H2,1H3,(H,26,28,29). The van der Waals surface area contributed by atoms with Crippen molar-refractivity contribution >= 4 is 11.6 Å². The highest BCUT2D eigenvalue weighted by Crippen LogP contribution is 2.30. The molecule has 4 heterocycles. The Bertz CT molecular complexity index is 1290. The summed E-state index contributed by atoms with van der Waals surface area (Å²) in [4.78, 5) is 17.3. The van der Waals surface area contributed by atoms with Crippen LogP contribution in [0.25, 0.3) is 22.5 Å². The van der Waals surface area contributed by atoms with Crippen LogP contribution in [0.4, 0.5) is 11.6 Å². The fraction of sp³-hybridized carbons (Fsp3) is 0.130. The number of pyridine rings is 1. The van der Waals surface area contributed by atoms with Crippen molar-refractivity contribution in [2.24, 2.45) is 0 Å². The molecule has 1 N–H and O–H groups in total. The van der Waals surface area contributed by atoms with Crippen LogP contribution in [-0.4, -0.2) is 39.5 Å². The van der Waals surface area contributed by atoms with E-state index >= 15 is 0 Å². The lowest BCUT2D eigenvalue weighted by Crippen LogP contribution is -2.01. The average Bonchev–Trinajstić information content (AvgIpc) is 3.51. The molecule has 5 rings (SSSR count). The van der Waals surface area contributed by atoms with Gasteiger partial charge in [0.1, 0.15) is 18.3 Å². The third-order valence-corrected chi connectivity index (χ3v) is 4.97. The molecule has 0 radical (unpaired) electrons. The number of nitrogens with one attached hydrogen (secondary N) is 1. The molecule has 5 aromatic rings. The zero-order valence-corrected chi connectivity index (χ0v) is 17.5. The molecule has 0 fully saturated rings. The van der Waals surface area contributed by atoms with Crippen LogP contribution in [0.2, 0.25) is 0 Å². The van der Waals surface area contributed by atoms with Gasteiger partial charge in [-0.25, -0.2) is 19.6 Å². The normalized spacial score (nSPS) is 10.9. The first-order valence-electron chi connectivity index (χ1n) is 10.3. The van der Waals surface area contributed by atoms with Crippen molar-refractivity contribution in [3.05, 3.63) is 85.5 Å². The highest BCUT2D eigenvalue weighted by atomic mass is 15.3. The van der Waals surface area contributed by atoms with Gasteiger partial charge in [0.2, 0.25) is 5.95 Å².